The van der Waals surface area contributed by atoms with Crippen LogP contribution >= 0.6 is 11.6 Å². The normalized spacial score (nSPS) is 42.5. The molecule has 148 valence electrons. The molecule has 0 aromatic carbocycles. The van der Waals surface area contributed by atoms with Crippen LogP contribution in [-0.4, -0.2) is 84.6 Å². The second-order valence-electron chi connectivity index (χ2n) is 8.30. The Morgan fingerprint density at radius 3 is 2.96 bits per heavy atom. The average molecular weight is 385 g/mol. The van der Waals surface area contributed by atoms with E-state index in [1.165, 1.54) is 19.3 Å². The monoisotopic (exact) mass is 384 g/mol. The minimum absolute atomic E-state index is 0.0756. The van der Waals surface area contributed by atoms with Crippen LogP contribution in [0.25, 0.3) is 0 Å². The lowest BCUT2D eigenvalue weighted by Gasteiger charge is -2.44. The Morgan fingerprint density at radius 1 is 1.23 bits per heavy atom. The lowest BCUT2D eigenvalue weighted by atomic mass is 9.88. The number of nitrogens with one attached hydrogen (secondary N) is 4. The van der Waals surface area contributed by atoms with Crippen molar-refractivity contribution in [3.8, 4) is 0 Å². The van der Waals surface area contributed by atoms with Crippen molar-refractivity contribution in [3.05, 3.63) is 0 Å². The maximum atomic E-state index is 11.8. The van der Waals surface area contributed by atoms with Crippen LogP contribution in [0.1, 0.15) is 32.6 Å². The maximum Gasteiger partial charge on any atom is 0.253 e. The molecule has 7 nitrogen and oxygen atoms in total. The van der Waals surface area contributed by atoms with Crippen LogP contribution in [-0.2, 0) is 4.79 Å². The van der Waals surface area contributed by atoms with Crippen LogP contribution in [0.15, 0.2) is 0 Å². The summed E-state index contributed by atoms with van der Waals surface area (Å²) in [5, 5.41) is 7.01. The fourth-order valence-corrected chi connectivity index (χ4v) is 5.64. The molecule has 4 N–H and O–H groups in total. The molecule has 1 amide bonds. The Kier molecular flexibility index (Phi) is 6.02. The first-order chi connectivity index (χ1) is 12.7. The van der Waals surface area contributed by atoms with Gasteiger partial charge in [-0.2, -0.15) is 0 Å². The highest BCUT2D eigenvalue weighted by Crippen LogP contribution is 2.27. The molecule has 6 unspecified atom stereocenters. The van der Waals surface area contributed by atoms with Gasteiger partial charge in [0, 0.05) is 57.0 Å². The van der Waals surface area contributed by atoms with Gasteiger partial charge in [0.25, 0.3) is 5.91 Å². The fraction of sp³-hybridized carbons (Fsp3) is 0.944. The molecule has 4 rings (SSSR count). The minimum Gasteiger partial charge on any atom is -0.312 e. The quantitative estimate of drug-likeness (QED) is 0.498. The Balaban J connectivity index is 1.34. The number of amides is 1. The summed E-state index contributed by atoms with van der Waals surface area (Å²) >= 11 is 6.37. The molecule has 0 radical (unpaired) electrons. The van der Waals surface area contributed by atoms with Crippen LogP contribution in [0, 0.1) is 5.92 Å². The van der Waals surface area contributed by atoms with Crippen molar-refractivity contribution in [2.45, 2.75) is 62.2 Å². The number of halogens is 1. The van der Waals surface area contributed by atoms with E-state index < -0.39 is 5.38 Å². The van der Waals surface area contributed by atoms with Crippen molar-refractivity contribution in [1.82, 2.24) is 31.3 Å². The van der Waals surface area contributed by atoms with E-state index in [2.05, 4.69) is 38.2 Å². The number of rotatable bonds is 4. The number of alkyl halides is 1. The molecular formula is C18H33ClN6O. The van der Waals surface area contributed by atoms with Gasteiger partial charge in [-0.05, 0) is 31.7 Å². The van der Waals surface area contributed by atoms with Gasteiger partial charge in [-0.15, -0.1) is 11.6 Å². The van der Waals surface area contributed by atoms with E-state index in [1.54, 1.807) is 0 Å². The Labute approximate surface area is 161 Å². The van der Waals surface area contributed by atoms with Gasteiger partial charge in [0.15, 0.2) is 0 Å². The van der Waals surface area contributed by atoms with Crippen molar-refractivity contribution in [2.24, 2.45) is 5.92 Å². The van der Waals surface area contributed by atoms with Crippen LogP contribution in [0.2, 0.25) is 0 Å². The molecule has 0 bridgehead atoms. The number of hydrogen-bond acceptors (Lipinski definition) is 6. The van der Waals surface area contributed by atoms with E-state index in [1.807, 2.05) is 0 Å². The van der Waals surface area contributed by atoms with Gasteiger partial charge in [0.1, 0.15) is 5.38 Å². The number of fused-ring (bicyclic) bond motifs is 1. The van der Waals surface area contributed by atoms with Gasteiger partial charge in [0.2, 0.25) is 0 Å². The standard InChI is InChI=1S/C18H33ClN6O/c1-2-12-4-3-6-20-13(12)9-25-11-21-14-10-24(7-5-15(14)25)16-8-22-23-18(26)17(16)19/h12-17,20-22H,2-11H2,1H3,(H,23,26). The second kappa shape index (κ2) is 8.29. The molecule has 4 aliphatic heterocycles. The van der Waals surface area contributed by atoms with E-state index in [9.17, 15) is 4.79 Å². The summed E-state index contributed by atoms with van der Waals surface area (Å²) in [5.41, 5.74) is 5.61. The van der Waals surface area contributed by atoms with Gasteiger partial charge >= 0.3 is 0 Å². The lowest BCUT2D eigenvalue weighted by molar-refractivity contribution is -0.125. The molecular weight excluding hydrogens is 352 g/mol. The first kappa shape index (κ1) is 18.9. The third kappa shape index (κ3) is 3.75. The van der Waals surface area contributed by atoms with Crippen molar-refractivity contribution in [1.29, 1.82) is 0 Å². The number of carbonyl (C=O) groups excluding carboxylic acids is 1. The van der Waals surface area contributed by atoms with E-state index in [0.717, 1.165) is 45.2 Å². The number of hydrazine groups is 1. The first-order valence-electron chi connectivity index (χ1n) is 10.3. The SMILES string of the molecule is CCC1CCCNC1CN1CNC2CN(C3CNNC(=O)C3Cl)CCC21. The zero-order valence-electron chi connectivity index (χ0n) is 15.7. The first-order valence-corrected chi connectivity index (χ1v) is 10.7. The Hall–Kier alpha value is -0.440. The third-order valence-corrected chi connectivity index (χ3v) is 7.39. The van der Waals surface area contributed by atoms with Crippen LogP contribution < -0.4 is 21.5 Å². The summed E-state index contributed by atoms with van der Waals surface area (Å²) in [6.07, 6.45) is 5.10. The molecule has 0 aromatic heterocycles. The molecule has 0 aliphatic carbocycles. The third-order valence-electron chi connectivity index (χ3n) is 6.90. The number of likely N-dealkylation sites (tertiary alicyclic amines) is 1. The Morgan fingerprint density at radius 2 is 2.12 bits per heavy atom. The Bertz CT molecular complexity index is 508. The topological polar surface area (TPSA) is 71.7 Å². The largest absolute Gasteiger partial charge is 0.312 e. The fourth-order valence-electron chi connectivity index (χ4n) is 5.33. The molecule has 4 saturated heterocycles. The van der Waals surface area contributed by atoms with Crippen molar-refractivity contribution >= 4 is 17.5 Å². The minimum atomic E-state index is -0.470. The van der Waals surface area contributed by atoms with Crippen molar-refractivity contribution < 1.29 is 4.79 Å². The van der Waals surface area contributed by atoms with Gasteiger partial charge in [-0.25, -0.2) is 5.43 Å². The molecule has 0 saturated carbocycles. The summed E-state index contributed by atoms with van der Waals surface area (Å²) in [5.74, 6) is 0.701. The molecule has 4 fully saturated rings. The van der Waals surface area contributed by atoms with E-state index in [4.69, 9.17) is 11.6 Å². The summed E-state index contributed by atoms with van der Waals surface area (Å²) < 4.78 is 0. The van der Waals surface area contributed by atoms with E-state index in [-0.39, 0.29) is 11.9 Å². The highest BCUT2D eigenvalue weighted by molar-refractivity contribution is 6.31. The van der Waals surface area contributed by atoms with Gasteiger partial charge in [0.05, 0.1) is 0 Å². The second-order valence-corrected chi connectivity index (χ2v) is 8.77. The van der Waals surface area contributed by atoms with Crippen LogP contribution in [0.5, 0.6) is 0 Å². The maximum absolute atomic E-state index is 11.8. The molecule has 0 aromatic rings. The van der Waals surface area contributed by atoms with Gasteiger partial charge in [-0.3, -0.25) is 25.3 Å². The van der Waals surface area contributed by atoms with E-state index >= 15 is 0 Å². The molecule has 8 heteroatoms. The van der Waals surface area contributed by atoms with Crippen molar-refractivity contribution in [3.63, 3.8) is 0 Å². The number of nitrogens with zero attached hydrogens (tertiary/aromatic N) is 2. The smallest absolute Gasteiger partial charge is 0.253 e. The summed E-state index contributed by atoms with van der Waals surface area (Å²) in [4.78, 5) is 16.9. The molecule has 4 aliphatic rings. The molecule has 4 heterocycles. The predicted molar refractivity (Wildman–Crippen MR) is 103 cm³/mol. The zero-order valence-corrected chi connectivity index (χ0v) is 16.5. The number of hydrogen-bond donors (Lipinski definition) is 4. The highest BCUT2D eigenvalue weighted by atomic mass is 35.5. The zero-order chi connectivity index (χ0) is 18.1. The highest BCUT2D eigenvalue weighted by Gasteiger charge is 2.43. The van der Waals surface area contributed by atoms with Crippen molar-refractivity contribution in [2.75, 3.05) is 39.4 Å². The van der Waals surface area contributed by atoms with E-state index in [0.29, 0.717) is 24.7 Å². The van der Waals surface area contributed by atoms with Gasteiger partial charge in [-0.1, -0.05) is 13.3 Å². The summed E-state index contributed by atoms with van der Waals surface area (Å²) in [6, 6.07) is 1.78. The average Bonchev–Trinajstić information content (AvgIpc) is 3.06. The number of carbonyl (C=O) groups is 1. The molecule has 0 spiro atoms. The van der Waals surface area contributed by atoms with Gasteiger partial charge < -0.3 is 5.32 Å². The molecule has 6 atom stereocenters. The lowest BCUT2D eigenvalue weighted by Crippen LogP contribution is -2.65. The predicted octanol–water partition coefficient (Wildman–Crippen LogP) is -0.319. The van der Waals surface area contributed by atoms with Crippen LogP contribution in [0.3, 0.4) is 0 Å². The number of piperidine rings is 2. The summed E-state index contributed by atoms with van der Waals surface area (Å²) in [6.45, 7) is 8.31. The summed E-state index contributed by atoms with van der Waals surface area (Å²) in [7, 11) is 0. The van der Waals surface area contributed by atoms with Crippen LogP contribution in [0.4, 0.5) is 0 Å². The molecule has 26 heavy (non-hydrogen) atoms.